The van der Waals surface area contributed by atoms with E-state index in [2.05, 4.69) is 29.6 Å². The van der Waals surface area contributed by atoms with Crippen molar-refractivity contribution in [1.29, 1.82) is 0 Å². The van der Waals surface area contributed by atoms with Crippen molar-refractivity contribution in [3.8, 4) is 0 Å². The molecule has 0 fully saturated rings. The summed E-state index contributed by atoms with van der Waals surface area (Å²) in [5.74, 6) is 0. The van der Waals surface area contributed by atoms with Crippen molar-refractivity contribution in [3.05, 3.63) is 35.9 Å². The van der Waals surface area contributed by atoms with Crippen molar-refractivity contribution in [2.45, 2.75) is 18.9 Å². The third kappa shape index (κ3) is 6.41. The molecule has 0 aliphatic heterocycles. The normalized spacial score (nSPS) is 12.6. The average Bonchev–Trinajstić information content (AvgIpc) is 2.38. The van der Waals surface area contributed by atoms with Crippen molar-refractivity contribution < 1.29 is 9.47 Å². The number of benzene rings is 1. The van der Waals surface area contributed by atoms with Gasteiger partial charge in [0.2, 0.25) is 0 Å². The molecule has 1 rings (SSSR count). The van der Waals surface area contributed by atoms with Gasteiger partial charge in [-0.2, -0.15) is 0 Å². The minimum Gasteiger partial charge on any atom is -0.383 e. The number of hydrogen-bond donors (Lipinski definition) is 1. The minimum absolute atomic E-state index is 0.289. The van der Waals surface area contributed by atoms with Gasteiger partial charge < -0.3 is 14.8 Å². The zero-order chi connectivity index (χ0) is 12.3. The Hall–Kier alpha value is -0.900. The highest BCUT2D eigenvalue weighted by molar-refractivity contribution is 5.14. The van der Waals surface area contributed by atoms with Crippen LogP contribution in [0.1, 0.15) is 12.0 Å². The Morgan fingerprint density at radius 1 is 1.18 bits per heavy atom. The van der Waals surface area contributed by atoms with Crippen LogP contribution in [0.4, 0.5) is 0 Å². The molecule has 1 aromatic rings. The van der Waals surface area contributed by atoms with Gasteiger partial charge in [0.25, 0.3) is 0 Å². The molecule has 0 aliphatic rings. The summed E-state index contributed by atoms with van der Waals surface area (Å²) in [5.41, 5.74) is 1.37. The van der Waals surface area contributed by atoms with E-state index in [0.717, 1.165) is 19.4 Å². The Labute approximate surface area is 104 Å². The predicted octanol–water partition coefficient (Wildman–Crippen LogP) is 1.87. The molecule has 0 heterocycles. The highest BCUT2D eigenvalue weighted by Gasteiger charge is 2.04. The summed E-state index contributed by atoms with van der Waals surface area (Å²) in [7, 11) is 3.64. The van der Waals surface area contributed by atoms with Crippen LogP contribution in [0.25, 0.3) is 0 Å². The Bertz CT molecular complexity index is 277. The van der Waals surface area contributed by atoms with Crippen molar-refractivity contribution in [3.63, 3.8) is 0 Å². The lowest BCUT2D eigenvalue weighted by molar-refractivity contribution is 0.0758. The molecule has 0 radical (unpaired) electrons. The number of methoxy groups -OCH3 is 1. The minimum atomic E-state index is 0.289. The van der Waals surface area contributed by atoms with E-state index in [0.29, 0.717) is 13.2 Å². The lowest BCUT2D eigenvalue weighted by Crippen LogP contribution is -2.34. The molecule has 0 bridgehead atoms. The van der Waals surface area contributed by atoms with Crippen molar-refractivity contribution in [1.82, 2.24) is 5.32 Å². The van der Waals surface area contributed by atoms with Gasteiger partial charge in [0, 0.05) is 13.7 Å². The molecule has 0 saturated heterocycles. The van der Waals surface area contributed by atoms with Gasteiger partial charge in [0.1, 0.15) is 0 Å². The quantitative estimate of drug-likeness (QED) is 0.665. The monoisotopic (exact) mass is 237 g/mol. The Balaban J connectivity index is 2.04. The first-order valence-electron chi connectivity index (χ1n) is 6.14. The zero-order valence-corrected chi connectivity index (χ0v) is 10.8. The topological polar surface area (TPSA) is 30.5 Å². The summed E-state index contributed by atoms with van der Waals surface area (Å²) in [5, 5.41) is 3.16. The summed E-state index contributed by atoms with van der Waals surface area (Å²) in [6.45, 7) is 2.20. The Kier molecular flexibility index (Phi) is 7.63. The number of ether oxygens (including phenoxy) is 2. The molecular formula is C14H23NO2. The fourth-order valence-electron chi connectivity index (χ4n) is 1.66. The van der Waals surface area contributed by atoms with Crippen molar-refractivity contribution >= 4 is 0 Å². The van der Waals surface area contributed by atoms with E-state index in [1.165, 1.54) is 5.56 Å². The summed E-state index contributed by atoms with van der Waals surface area (Å²) >= 11 is 0. The van der Waals surface area contributed by atoms with E-state index in [4.69, 9.17) is 9.47 Å². The van der Waals surface area contributed by atoms with E-state index >= 15 is 0 Å². The molecule has 0 amide bonds. The number of hydrogen-bond acceptors (Lipinski definition) is 3. The lowest BCUT2D eigenvalue weighted by atomic mass is 10.1. The molecule has 1 aromatic carbocycles. The molecule has 0 aliphatic carbocycles. The summed E-state index contributed by atoms with van der Waals surface area (Å²) in [6.07, 6.45) is 2.14. The van der Waals surface area contributed by atoms with Crippen LogP contribution in [0, 0.1) is 0 Å². The number of likely N-dealkylation sites (N-methyl/N-ethyl adjacent to an activating group) is 1. The van der Waals surface area contributed by atoms with Crippen LogP contribution >= 0.6 is 0 Å². The standard InChI is InChI=1S/C14H23NO2/c1-15-14(11-16-2)12-17-10-6-9-13-7-4-3-5-8-13/h3-5,7-8,14-15H,6,9-12H2,1-2H3. The fourth-order valence-corrected chi connectivity index (χ4v) is 1.66. The Morgan fingerprint density at radius 3 is 2.59 bits per heavy atom. The van der Waals surface area contributed by atoms with Gasteiger partial charge in [-0.1, -0.05) is 30.3 Å². The van der Waals surface area contributed by atoms with Gasteiger partial charge in [-0.3, -0.25) is 0 Å². The van der Waals surface area contributed by atoms with Crippen LogP contribution in [-0.4, -0.2) is 40.0 Å². The first-order valence-corrected chi connectivity index (χ1v) is 6.14. The van der Waals surface area contributed by atoms with Gasteiger partial charge >= 0.3 is 0 Å². The smallest absolute Gasteiger partial charge is 0.0642 e. The van der Waals surface area contributed by atoms with Crippen LogP contribution in [0.2, 0.25) is 0 Å². The third-order valence-corrected chi connectivity index (χ3v) is 2.69. The van der Waals surface area contributed by atoms with Crippen LogP contribution in [-0.2, 0) is 15.9 Å². The first-order chi connectivity index (χ1) is 8.36. The maximum absolute atomic E-state index is 5.62. The van der Waals surface area contributed by atoms with Crippen molar-refractivity contribution in [2.24, 2.45) is 0 Å². The van der Waals surface area contributed by atoms with Gasteiger partial charge in [0.15, 0.2) is 0 Å². The lowest BCUT2D eigenvalue weighted by Gasteiger charge is -2.15. The van der Waals surface area contributed by atoms with Gasteiger partial charge in [0.05, 0.1) is 19.3 Å². The maximum atomic E-state index is 5.62. The van der Waals surface area contributed by atoms with Gasteiger partial charge in [-0.05, 0) is 25.5 Å². The second-order valence-electron chi connectivity index (χ2n) is 4.11. The highest BCUT2D eigenvalue weighted by atomic mass is 16.5. The fraction of sp³-hybridized carbons (Fsp3) is 0.571. The molecule has 1 unspecified atom stereocenters. The SMILES string of the molecule is CNC(COC)COCCCc1ccccc1. The van der Waals surface area contributed by atoms with E-state index in [9.17, 15) is 0 Å². The highest BCUT2D eigenvalue weighted by Crippen LogP contribution is 2.02. The van der Waals surface area contributed by atoms with E-state index in [-0.39, 0.29) is 6.04 Å². The molecule has 0 saturated carbocycles. The van der Waals surface area contributed by atoms with E-state index in [1.807, 2.05) is 13.1 Å². The maximum Gasteiger partial charge on any atom is 0.0642 e. The largest absolute Gasteiger partial charge is 0.383 e. The third-order valence-electron chi connectivity index (χ3n) is 2.69. The van der Waals surface area contributed by atoms with Crippen molar-refractivity contribution in [2.75, 3.05) is 34.0 Å². The molecule has 17 heavy (non-hydrogen) atoms. The van der Waals surface area contributed by atoms with E-state index in [1.54, 1.807) is 7.11 Å². The van der Waals surface area contributed by atoms with Gasteiger partial charge in [-0.15, -0.1) is 0 Å². The Morgan fingerprint density at radius 2 is 1.94 bits per heavy atom. The summed E-state index contributed by atoms with van der Waals surface area (Å²) < 4.78 is 10.7. The molecule has 0 aromatic heterocycles. The van der Waals surface area contributed by atoms with Crippen LogP contribution in [0.15, 0.2) is 30.3 Å². The second-order valence-corrected chi connectivity index (χ2v) is 4.11. The van der Waals surface area contributed by atoms with E-state index < -0.39 is 0 Å². The van der Waals surface area contributed by atoms with Crippen LogP contribution < -0.4 is 5.32 Å². The van der Waals surface area contributed by atoms with Gasteiger partial charge in [-0.25, -0.2) is 0 Å². The molecule has 3 nitrogen and oxygen atoms in total. The average molecular weight is 237 g/mol. The predicted molar refractivity (Wildman–Crippen MR) is 70.3 cm³/mol. The molecule has 3 heteroatoms. The number of nitrogens with one attached hydrogen (secondary N) is 1. The zero-order valence-electron chi connectivity index (χ0n) is 10.8. The summed E-state index contributed by atoms with van der Waals surface area (Å²) in [6, 6.07) is 10.8. The number of aryl methyl sites for hydroxylation is 1. The van der Waals surface area contributed by atoms with Crippen LogP contribution in [0.3, 0.4) is 0 Å². The molecule has 0 spiro atoms. The molecule has 1 N–H and O–H groups in total. The second kappa shape index (κ2) is 9.16. The first kappa shape index (κ1) is 14.2. The number of rotatable bonds is 9. The molecular weight excluding hydrogens is 214 g/mol. The molecule has 96 valence electrons. The summed E-state index contributed by atoms with van der Waals surface area (Å²) in [4.78, 5) is 0. The van der Waals surface area contributed by atoms with Crippen LogP contribution in [0.5, 0.6) is 0 Å². The molecule has 1 atom stereocenters.